The molecule has 5 heteroatoms. The second kappa shape index (κ2) is 7.23. The maximum atomic E-state index is 8.57. The van der Waals surface area contributed by atoms with Crippen LogP contribution in [-0.2, 0) is 18.3 Å². The third kappa shape index (κ3) is 3.76. The molecule has 0 radical (unpaired) electrons. The molecule has 1 aromatic carbocycles. The first-order chi connectivity index (χ1) is 9.33. The number of rotatable bonds is 8. The topological polar surface area (TPSA) is 59.3 Å². The smallest absolute Gasteiger partial charge is 0.0841 e. The van der Waals surface area contributed by atoms with E-state index in [4.69, 9.17) is 9.84 Å². The average Bonchev–Trinajstić information content (AvgIpc) is 2.75. The Balaban J connectivity index is 1.79. The lowest BCUT2D eigenvalue weighted by Gasteiger charge is -2.04. The molecule has 5 nitrogen and oxygen atoms in total. The molecule has 2 aromatic rings. The third-order valence-corrected chi connectivity index (χ3v) is 3.00. The first-order valence-corrected chi connectivity index (χ1v) is 6.63. The van der Waals surface area contributed by atoms with Crippen LogP contribution in [0.25, 0.3) is 10.9 Å². The number of para-hydroxylation sites is 1. The van der Waals surface area contributed by atoms with Crippen molar-refractivity contribution < 1.29 is 9.84 Å². The highest BCUT2D eigenvalue weighted by Crippen LogP contribution is 2.16. The van der Waals surface area contributed by atoms with Gasteiger partial charge in [-0.15, -0.1) is 0 Å². The quantitative estimate of drug-likeness (QED) is 0.699. The molecule has 0 aliphatic carbocycles. The van der Waals surface area contributed by atoms with Crippen molar-refractivity contribution in [3.8, 4) is 0 Å². The van der Waals surface area contributed by atoms with Crippen LogP contribution in [0.15, 0.2) is 24.3 Å². The molecule has 0 atom stereocenters. The summed E-state index contributed by atoms with van der Waals surface area (Å²) in [6.07, 6.45) is 0.935. The Bertz CT molecular complexity index is 510. The molecule has 0 unspecified atom stereocenters. The molecule has 0 spiro atoms. The van der Waals surface area contributed by atoms with Crippen molar-refractivity contribution in [2.24, 2.45) is 7.05 Å². The van der Waals surface area contributed by atoms with E-state index in [0.717, 1.165) is 30.7 Å². The molecule has 104 valence electrons. The number of aromatic nitrogens is 2. The highest BCUT2D eigenvalue weighted by Gasteiger charge is 2.06. The number of nitrogens with one attached hydrogen (secondary N) is 1. The Morgan fingerprint density at radius 2 is 2.16 bits per heavy atom. The summed E-state index contributed by atoms with van der Waals surface area (Å²) in [5, 5.41) is 17.7. The van der Waals surface area contributed by atoms with Crippen LogP contribution < -0.4 is 5.32 Å². The summed E-state index contributed by atoms with van der Waals surface area (Å²) in [7, 11) is 1.97. The second-order valence-electron chi connectivity index (χ2n) is 4.45. The van der Waals surface area contributed by atoms with E-state index < -0.39 is 0 Å². The molecule has 2 rings (SSSR count). The molecule has 0 saturated heterocycles. The monoisotopic (exact) mass is 263 g/mol. The average molecular weight is 263 g/mol. The van der Waals surface area contributed by atoms with Gasteiger partial charge in [-0.25, -0.2) is 0 Å². The van der Waals surface area contributed by atoms with Crippen LogP contribution in [0, 0.1) is 0 Å². The van der Waals surface area contributed by atoms with Gasteiger partial charge in [-0.1, -0.05) is 18.2 Å². The molecule has 0 saturated carbocycles. The van der Waals surface area contributed by atoms with Gasteiger partial charge in [-0.3, -0.25) is 4.68 Å². The van der Waals surface area contributed by atoms with Crippen LogP contribution in [0.1, 0.15) is 12.1 Å². The number of ether oxygens (including phenoxy) is 1. The second-order valence-corrected chi connectivity index (χ2v) is 4.45. The molecular formula is C14H21N3O2. The predicted molar refractivity (Wildman–Crippen MR) is 74.9 cm³/mol. The molecule has 0 bridgehead atoms. The normalized spacial score (nSPS) is 11.3. The fraction of sp³-hybridized carbons (Fsp3) is 0.500. The van der Waals surface area contributed by atoms with Gasteiger partial charge in [0.2, 0.25) is 0 Å². The zero-order valence-corrected chi connectivity index (χ0v) is 11.3. The number of aliphatic hydroxyl groups is 1. The van der Waals surface area contributed by atoms with Gasteiger partial charge < -0.3 is 15.2 Å². The van der Waals surface area contributed by atoms with Gasteiger partial charge in [0.25, 0.3) is 0 Å². The van der Waals surface area contributed by atoms with Gasteiger partial charge in [0.1, 0.15) is 0 Å². The third-order valence-electron chi connectivity index (χ3n) is 3.00. The Kier molecular flexibility index (Phi) is 5.32. The largest absolute Gasteiger partial charge is 0.394 e. The Labute approximate surface area is 113 Å². The van der Waals surface area contributed by atoms with Crippen LogP contribution in [0.2, 0.25) is 0 Å². The zero-order valence-electron chi connectivity index (χ0n) is 11.3. The molecule has 0 aliphatic heterocycles. The number of hydrogen-bond donors (Lipinski definition) is 2. The van der Waals surface area contributed by atoms with E-state index in [1.54, 1.807) is 0 Å². The van der Waals surface area contributed by atoms with E-state index in [9.17, 15) is 0 Å². The highest BCUT2D eigenvalue weighted by atomic mass is 16.5. The minimum atomic E-state index is 0.0906. The highest BCUT2D eigenvalue weighted by molar-refractivity contribution is 5.81. The molecule has 1 aromatic heterocycles. The molecule has 19 heavy (non-hydrogen) atoms. The predicted octanol–water partition coefficient (Wildman–Crippen LogP) is 1.06. The Morgan fingerprint density at radius 3 is 3.00 bits per heavy atom. The first-order valence-electron chi connectivity index (χ1n) is 6.63. The summed E-state index contributed by atoms with van der Waals surface area (Å²) in [4.78, 5) is 0. The van der Waals surface area contributed by atoms with Crippen LogP contribution in [0.5, 0.6) is 0 Å². The fourth-order valence-corrected chi connectivity index (χ4v) is 2.09. The summed E-state index contributed by atoms with van der Waals surface area (Å²) in [6, 6.07) is 8.24. The van der Waals surface area contributed by atoms with Crippen LogP contribution >= 0.6 is 0 Å². The van der Waals surface area contributed by atoms with E-state index in [2.05, 4.69) is 22.5 Å². The minimum Gasteiger partial charge on any atom is -0.394 e. The van der Waals surface area contributed by atoms with Gasteiger partial charge in [-0.05, 0) is 19.0 Å². The molecule has 0 aliphatic rings. The lowest BCUT2D eigenvalue weighted by atomic mass is 10.2. The number of aliphatic hydroxyl groups excluding tert-OH is 1. The molecule has 0 amide bonds. The van der Waals surface area contributed by atoms with Gasteiger partial charge in [0.05, 0.1) is 24.4 Å². The van der Waals surface area contributed by atoms with Crippen LogP contribution in [0.4, 0.5) is 0 Å². The summed E-state index contributed by atoms with van der Waals surface area (Å²) in [5.74, 6) is 0. The van der Waals surface area contributed by atoms with Crippen LogP contribution in [0.3, 0.4) is 0 Å². The van der Waals surface area contributed by atoms with Gasteiger partial charge in [0.15, 0.2) is 0 Å². The van der Waals surface area contributed by atoms with E-state index in [-0.39, 0.29) is 6.61 Å². The van der Waals surface area contributed by atoms with Gasteiger partial charge in [-0.2, -0.15) is 5.10 Å². The Morgan fingerprint density at radius 1 is 1.32 bits per heavy atom. The van der Waals surface area contributed by atoms with Crippen LogP contribution in [-0.4, -0.2) is 41.3 Å². The Hall–Kier alpha value is -1.43. The molecule has 0 fully saturated rings. The van der Waals surface area contributed by atoms with Crippen molar-refractivity contribution in [3.63, 3.8) is 0 Å². The SMILES string of the molecule is Cn1nc(CNCCCOCCO)c2ccccc21. The van der Waals surface area contributed by atoms with E-state index in [0.29, 0.717) is 13.2 Å². The van der Waals surface area contributed by atoms with Crippen molar-refractivity contribution in [1.82, 2.24) is 15.1 Å². The number of benzene rings is 1. The number of fused-ring (bicyclic) bond motifs is 1. The minimum absolute atomic E-state index is 0.0906. The summed E-state index contributed by atoms with van der Waals surface area (Å²) in [6.45, 7) is 2.84. The van der Waals surface area contributed by atoms with Crippen molar-refractivity contribution in [3.05, 3.63) is 30.0 Å². The van der Waals surface area contributed by atoms with Crippen molar-refractivity contribution >= 4 is 10.9 Å². The maximum absolute atomic E-state index is 8.57. The molecule has 2 N–H and O–H groups in total. The van der Waals surface area contributed by atoms with Gasteiger partial charge in [0, 0.05) is 25.6 Å². The van der Waals surface area contributed by atoms with Crippen molar-refractivity contribution in [2.45, 2.75) is 13.0 Å². The summed E-state index contributed by atoms with van der Waals surface area (Å²) in [5.41, 5.74) is 2.24. The maximum Gasteiger partial charge on any atom is 0.0841 e. The van der Waals surface area contributed by atoms with E-state index in [1.807, 2.05) is 23.9 Å². The fourth-order valence-electron chi connectivity index (χ4n) is 2.09. The lowest BCUT2D eigenvalue weighted by molar-refractivity contribution is 0.0907. The number of nitrogens with zero attached hydrogens (tertiary/aromatic N) is 2. The number of aryl methyl sites for hydroxylation is 1. The van der Waals surface area contributed by atoms with Crippen molar-refractivity contribution in [2.75, 3.05) is 26.4 Å². The molecular weight excluding hydrogens is 242 g/mol. The zero-order chi connectivity index (χ0) is 13.5. The molecule has 1 heterocycles. The van der Waals surface area contributed by atoms with Gasteiger partial charge >= 0.3 is 0 Å². The summed E-state index contributed by atoms with van der Waals surface area (Å²) >= 11 is 0. The standard InChI is InChI=1S/C14H21N3O2/c1-17-14-6-3-2-5-12(14)13(16-17)11-15-7-4-9-19-10-8-18/h2-3,5-6,15,18H,4,7-11H2,1H3. The summed E-state index contributed by atoms with van der Waals surface area (Å²) < 4.78 is 7.11. The van der Waals surface area contributed by atoms with E-state index >= 15 is 0 Å². The van der Waals surface area contributed by atoms with E-state index in [1.165, 1.54) is 5.39 Å². The first kappa shape index (κ1) is 14.0. The lowest BCUT2D eigenvalue weighted by Crippen LogP contribution is -2.17. The van der Waals surface area contributed by atoms with Crippen molar-refractivity contribution in [1.29, 1.82) is 0 Å². The number of hydrogen-bond acceptors (Lipinski definition) is 4.